The van der Waals surface area contributed by atoms with Crippen LogP contribution in [0.1, 0.15) is 42.5 Å². The fourth-order valence-electron chi connectivity index (χ4n) is 6.64. The van der Waals surface area contributed by atoms with Crippen molar-refractivity contribution in [1.82, 2.24) is 20.3 Å². The number of aliphatic hydroxyl groups is 1. The zero-order chi connectivity index (χ0) is 29.0. The molecule has 0 radical (unpaired) electrons. The minimum atomic E-state index is -2.49. The summed E-state index contributed by atoms with van der Waals surface area (Å²) in [5, 5.41) is 21.8. The summed E-state index contributed by atoms with van der Waals surface area (Å²) in [4.78, 5) is 25.5. The highest BCUT2D eigenvalue weighted by Gasteiger charge is 2.49. The van der Waals surface area contributed by atoms with Gasteiger partial charge in [0.15, 0.2) is 8.32 Å². The Labute approximate surface area is 243 Å². The van der Waals surface area contributed by atoms with Crippen LogP contribution in [-0.4, -0.2) is 77.6 Å². The maximum Gasteiger partial charge on any atom is 0.240 e. The first-order valence-corrected chi connectivity index (χ1v) is 17.8. The Morgan fingerprint density at radius 2 is 1.93 bits per heavy atom. The first kappa shape index (κ1) is 29.6. The summed E-state index contributed by atoms with van der Waals surface area (Å²) >= 11 is 0. The van der Waals surface area contributed by atoms with Gasteiger partial charge < -0.3 is 24.9 Å². The predicted octanol–water partition coefficient (Wildman–Crippen LogP) is 3.33. The molecule has 0 saturated carbocycles. The van der Waals surface area contributed by atoms with Crippen LogP contribution < -0.4 is 10.2 Å². The van der Waals surface area contributed by atoms with Crippen LogP contribution in [0.25, 0.3) is 0 Å². The molecule has 1 unspecified atom stereocenters. The molecule has 2 fully saturated rings. The van der Waals surface area contributed by atoms with Crippen molar-refractivity contribution in [2.24, 2.45) is 5.92 Å². The number of carbonyl (C=O) groups excluding carboxylic acids is 1. The zero-order valence-corrected chi connectivity index (χ0v) is 25.3. The molecule has 220 valence electrons. The molecule has 3 N–H and O–H groups in total. The standard InChI is InChI=1S/C31H43N5O4Si/c1-22-28(13-12-23-8-7-11-25(18-23)36-17-15-32-19-30(36)38)40-29(31(22)41(2,3)39)14-16-35-20-27(33-34-35)26(21-37)24-9-5-4-6-10-24/h4-11,18,20,22,26,28-29,31-32,37,39H,12-17,19,21H2,1-3H3/t22-,26?,28+,29-,31+/m1/s1. The van der Waals surface area contributed by atoms with Crippen LogP contribution in [0.2, 0.25) is 18.6 Å². The van der Waals surface area contributed by atoms with Gasteiger partial charge in [0, 0.05) is 37.1 Å². The average Bonchev–Trinajstić information content (AvgIpc) is 3.56. The fourth-order valence-corrected chi connectivity index (χ4v) is 9.30. The summed E-state index contributed by atoms with van der Waals surface area (Å²) in [5.74, 6) is 0.137. The largest absolute Gasteiger partial charge is 0.432 e. The first-order valence-electron chi connectivity index (χ1n) is 14.8. The molecule has 0 aliphatic carbocycles. The lowest BCUT2D eigenvalue weighted by Crippen LogP contribution is -2.48. The van der Waals surface area contributed by atoms with Crippen LogP contribution in [0.3, 0.4) is 0 Å². The molecule has 3 heterocycles. The molecule has 2 aliphatic heterocycles. The van der Waals surface area contributed by atoms with Crippen molar-refractivity contribution >= 4 is 19.9 Å². The van der Waals surface area contributed by atoms with E-state index in [-0.39, 0.29) is 42.1 Å². The number of nitrogens with zero attached hydrogens (tertiary/aromatic N) is 4. The van der Waals surface area contributed by atoms with E-state index in [0.717, 1.165) is 42.8 Å². The molecule has 2 aromatic carbocycles. The Morgan fingerprint density at radius 1 is 1.12 bits per heavy atom. The number of carbonyl (C=O) groups is 1. The lowest BCUT2D eigenvalue weighted by atomic mass is 9.95. The molecule has 1 amide bonds. The molecule has 2 saturated heterocycles. The lowest BCUT2D eigenvalue weighted by molar-refractivity contribution is -0.118. The van der Waals surface area contributed by atoms with Crippen molar-refractivity contribution < 1.29 is 19.4 Å². The summed E-state index contributed by atoms with van der Waals surface area (Å²) < 4.78 is 8.49. The van der Waals surface area contributed by atoms with Crippen molar-refractivity contribution in [2.45, 2.75) is 69.5 Å². The number of aliphatic hydroxyl groups excluding tert-OH is 1. The smallest absolute Gasteiger partial charge is 0.240 e. The number of anilines is 1. The number of amides is 1. The number of hydrogen-bond acceptors (Lipinski definition) is 7. The van der Waals surface area contributed by atoms with Gasteiger partial charge in [-0.05, 0) is 61.5 Å². The number of aromatic nitrogens is 3. The molecule has 41 heavy (non-hydrogen) atoms. The topological polar surface area (TPSA) is 113 Å². The van der Waals surface area contributed by atoms with E-state index in [0.29, 0.717) is 19.6 Å². The Kier molecular flexibility index (Phi) is 9.35. The highest BCUT2D eigenvalue weighted by atomic mass is 28.4. The van der Waals surface area contributed by atoms with Crippen molar-refractivity contribution in [3.8, 4) is 0 Å². The third kappa shape index (κ3) is 6.95. The molecule has 10 heteroatoms. The van der Waals surface area contributed by atoms with Crippen LogP contribution in [0.4, 0.5) is 5.69 Å². The molecular weight excluding hydrogens is 534 g/mol. The Hall–Kier alpha value is -2.89. The number of piperazine rings is 1. The summed E-state index contributed by atoms with van der Waals surface area (Å²) in [6, 6.07) is 18.1. The highest BCUT2D eigenvalue weighted by Crippen LogP contribution is 2.45. The number of benzene rings is 2. The van der Waals surface area contributed by atoms with Gasteiger partial charge >= 0.3 is 0 Å². The first-order chi connectivity index (χ1) is 19.7. The van der Waals surface area contributed by atoms with Gasteiger partial charge in [0.2, 0.25) is 5.91 Å². The van der Waals surface area contributed by atoms with Gasteiger partial charge in [0.05, 0.1) is 37.0 Å². The van der Waals surface area contributed by atoms with E-state index in [1.54, 1.807) is 0 Å². The van der Waals surface area contributed by atoms with Crippen LogP contribution in [0.15, 0.2) is 60.8 Å². The van der Waals surface area contributed by atoms with Crippen LogP contribution in [0.5, 0.6) is 0 Å². The van der Waals surface area contributed by atoms with E-state index >= 15 is 0 Å². The molecule has 5 atom stereocenters. The summed E-state index contributed by atoms with van der Waals surface area (Å²) in [6.45, 7) is 8.71. The van der Waals surface area contributed by atoms with Crippen LogP contribution in [0, 0.1) is 5.92 Å². The van der Waals surface area contributed by atoms with Gasteiger partial charge in [-0.15, -0.1) is 5.10 Å². The average molecular weight is 578 g/mol. The number of hydrogen-bond donors (Lipinski definition) is 3. The van der Waals surface area contributed by atoms with Gasteiger partial charge in [-0.3, -0.25) is 9.48 Å². The van der Waals surface area contributed by atoms with E-state index in [4.69, 9.17) is 4.74 Å². The maximum atomic E-state index is 12.4. The molecule has 1 aromatic heterocycles. The SMILES string of the molecule is C[C@H]1[C@H]([Si](C)(C)O)[C@@H](CCn2cc(C(CO)c3ccccc3)nn2)O[C@H]1CCc1cccc(N2CCNCC2=O)c1. The number of nitrogens with one attached hydrogen (secondary N) is 1. The van der Waals surface area contributed by atoms with E-state index in [9.17, 15) is 14.7 Å². The van der Waals surface area contributed by atoms with E-state index in [1.165, 1.54) is 5.56 Å². The fraction of sp³-hybridized carbons (Fsp3) is 0.516. The van der Waals surface area contributed by atoms with Crippen molar-refractivity contribution in [3.63, 3.8) is 0 Å². The van der Waals surface area contributed by atoms with Crippen molar-refractivity contribution in [1.29, 1.82) is 0 Å². The second-order valence-electron chi connectivity index (χ2n) is 12.0. The molecule has 2 aliphatic rings. The Morgan fingerprint density at radius 3 is 2.66 bits per heavy atom. The summed E-state index contributed by atoms with van der Waals surface area (Å²) in [7, 11) is -2.49. The van der Waals surface area contributed by atoms with Gasteiger partial charge in [-0.25, -0.2) is 0 Å². The Bertz CT molecular complexity index is 1300. The molecule has 3 aromatic rings. The van der Waals surface area contributed by atoms with Crippen LogP contribution in [-0.2, 0) is 22.5 Å². The third-order valence-corrected chi connectivity index (χ3v) is 11.2. The highest BCUT2D eigenvalue weighted by molar-refractivity contribution is 6.71. The lowest BCUT2D eigenvalue weighted by Gasteiger charge is -2.30. The van der Waals surface area contributed by atoms with Crippen LogP contribution >= 0.6 is 0 Å². The predicted molar refractivity (Wildman–Crippen MR) is 161 cm³/mol. The van der Waals surface area contributed by atoms with Gasteiger partial charge in [0.1, 0.15) is 0 Å². The summed E-state index contributed by atoms with van der Waals surface area (Å²) in [6.07, 6.45) is 4.36. The van der Waals surface area contributed by atoms with Crippen molar-refractivity contribution in [2.75, 3.05) is 31.1 Å². The second kappa shape index (κ2) is 13.0. The molecule has 0 bridgehead atoms. The molecule has 9 nitrogen and oxygen atoms in total. The van der Waals surface area contributed by atoms with Gasteiger partial charge in [-0.2, -0.15) is 0 Å². The normalized spacial score (nSPS) is 24.1. The van der Waals surface area contributed by atoms with Crippen molar-refractivity contribution in [3.05, 3.63) is 77.6 Å². The zero-order valence-electron chi connectivity index (χ0n) is 24.3. The van der Waals surface area contributed by atoms with Gasteiger partial charge in [0.25, 0.3) is 0 Å². The Balaban J connectivity index is 1.22. The quantitative estimate of drug-likeness (QED) is 0.300. The number of rotatable bonds is 11. The maximum absolute atomic E-state index is 12.4. The minimum absolute atomic E-state index is 0.0333. The van der Waals surface area contributed by atoms with E-state index in [2.05, 4.69) is 34.7 Å². The second-order valence-corrected chi connectivity index (χ2v) is 16.0. The van der Waals surface area contributed by atoms with E-state index in [1.807, 2.05) is 71.3 Å². The molecule has 0 spiro atoms. The molecular formula is C31H43N5O4Si. The molecule has 5 rings (SSSR count). The monoisotopic (exact) mass is 577 g/mol. The minimum Gasteiger partial charge on any atom is -0.432 e. The summed E-state index contributed by atoms with van der Waals surface area (Å²) in [5.41, 5.74) is 4.02. The number of ether oxygens (including phenoxy) is 1. The third-order valence-electron chi connectivity index (χ3n) is 8.69. The van der Waals surface area contributed by atoms with E-state index < -0.39 is 8.32 Å². The van der Waals surface area contributed by atoms with Gasteiger partial charge in [-0.1, -0.05) is 54.6 Å². The number of aryl methyl sites for hydroxylation is 2.